The van der Waals surface area contributed by atoms with Gasteiger partial charge in [0.2, 0.25) is 5.91 Å². The summed E-state index contributed by atoms with van der Waals surface area (Å²) in [6, 6.07) is 0. The highest BCUT2D eigenvalue weighted by molar-refractivity contribution is 8.23. The molecule has 0 bridgehead atoms. The van der Waals surface area contributed by atoms with E-state index < -0.39 is 0 Å². The molecule has 2 rings (SSSR count). The number of amides is 1. The Morgan fingerprint density at radius 2 is 1.78 bits per heavy atom. The van der Waals surface area contributed by atoms with E-state index in [9.17, 15) is 4.79 Å². The smallest absolute Gasteiger partial charge is 0.233 e. The number of rotatable bonds is 2. The second kappa shape index (κ2) is 6.73. The fraction of sp³-hybridized carbons (Fsp3) is 0.833. The third kappa shape index (κ3) is 3.83. The lowest BCUT2D eigenvalue weighted by molar-refractivity contribution is -0.883. The molecule has 0 atom stereocenters. The van der Waals surface area contributed by atoms with Gasteiger partial charge in [0, 0.05) is 13.1 Å². The molecule has 0 spiro atoms. The van der Waals surface area contributed by atoms with Crippen LogP contribution in [-0.4, -0.2) is 72.1 Å². The quantitative estimate of drug-likeness (QED) is 0.691. The molecule has 2 aliphatic heterocycles. The van der Waals surface area contributed by atoms with E-state index in [-0.39, 0.29) is 5.91 Å². The highest BCUT2D eigenvalue weighted by Crippen LogP contribution is 2.14. The number of nitrogens with one attached hydrogen (secondary N) is 1. The Bertz CT molecular complexity index is 310. The Morgan fingerprint density at radius 1 is 1.17 bits per heavy atom. The Balaban J connectivity index is 1.69. The highest BCUT2D eigenvalue weighted by Gasteiger charge is 2.22. The second-order valence-electron chi connectivity index (χ2n) is 5.09. The number of nitrogens with zero attached hydrogens (tertiary/aromatic N) is 2. The zero-order valence-electron chi connectivity index (χ0n) is 11.0. The number of quaternary nitrogens is 1. The summed E-state index contributed by atoms with van der Waals surface area (Å²) in [5.41, 5.74) is 0. The predicted octanol–water partition coefficient (Wildman–Crippen LogP) is -0.543. The van der Waals surface area contributed by atoms with Gasteiger partial charge in [-0.1, -0.05) is 24.0 Å². The van der Waals surface area contributed by atoms with Crippen molar-refractivity contribution >= 4 is 34.2 Å². The maximum atomic E-state index is 11.9. The minimum atomic E-state index is 0.250. The number of likely N-dealkylation sites (N-methyl/N-ethyl adjacent to an activating group) is 1. The van der Waals surface area contributed by atoms with E-state index in [1.54, 1.807) is 4.90 Å². The van der Waals surface area contributed by atoms with Gasteiger partial charge in [-0.3, -0.25) is 4.79 Å². The van der Waals surface area contributed by atoms with Crippen molar-refractivity contribution in [2.24, 2.45) is 0 Å². The molecule has 0 radical (unpaired) electrons. The average Bonchev–Trinajstić information content (AvgIpc) is 2.90. The minimum absolute atomic E-state index is 0.250. The maximum Gasteiger partial charge on any atom is 0.233 e. The van der Waals surface area contributed by atoms with Gasteiger partial charge in [-0.2, -0.15) is 0 Å². The molecular weight excluding hydrogens is 266 g/mol. The van der Waals surface area contributed by atoms with Gasteiger partial charge in [-0.15, -0.1) is 0 Å². The average molecular weight is 288 g/mol. The minimum Gasteiger partial charge on any atom is -0.346 e. The van der Waals surface area contributed by atoms with Gasteiger partial charge < -0.3 is 14.7 Å². The third-order valence-corrected chi connectivity index (χ3v) is 5.16. The summed E-state index contributed by atoms with van der Waals surface area (Å²) in [4.78, 5) is 17.7. The van der Waals surface area contributed by atoms with E-state index in [1.165, 1.54) is 11.8 Å². The maximum absolute atomic E-state index is 11.9. The molecule has 0 aromatic carbocycles. The van der Waals surface area contributed by atoms with Gasteiger partial charge in [-0.05, 0) is 12.8 Å². The summed E-state index contributed by atoms with van der Waals surface area (Å²) in [7, 11) is 2.21. The van der Waals surface area contributed by atoms with Gasteiger partial charge in [0.1, 0.15) is 4.32 Å². The van der Waals surface area contributed by atoms with Crippen LogP contribution in [0, 0.1) is 0 Å². The van der Waals surface area contributed by atoms with Gasteiger partial charge in [-0.25, -0.2) is 0 Å². The monoisotopic (exact) mass is 288 g/mol. The fourth-order valence-corrected chi connectivity index (χ4v) is 3.50. The molecule has 0 unspecified atom stereocenters. The van der Waals surface area contributed by atoms with Crippen molar-refractivity contribution < 1.29 is 9.69 Å². The zero-order chi connectivity index (χ0) is 13.0. The highest BCUT2D eigenvalue weighted by atomic mass is 32.2. The van der Waals surface area contributed by atoms with E-state index in [0.717, 1.165) is 56.4 Å². The largest absolute Gasteiger partial charge is 0.346 e. The summed E-state index contributed by atoms with van der Waals surface area (Å²) in [5, 5.41) is 0. The van der Waals surface area contributed by atoms with Gasteiger partial charge in [0.05, 0.1) is 39.0 Å². The summed E-state index contributed by atoms with van der Waals surface area (Å²) < 4.78 is 0.898. The van der Waals surface area contributed by atoms with Crippen molar-refractivity contribution in [3.63, 3.8) is 0 Å². The summed E-state index contributed by atoms with van der Waals surface area (Å²) in [5.74, 6) is 0.762. The van der Waals surface area contributed by atoms with Gasteiger partial charge >= 0.3 is 0 Å². The Morgan fingerprint density at radius 3 is 2.39 bits per heavy atom. The number of thioether (sulfide) groups is 1. The molecule has 0 aromatic heterocycles. The number of thiocarbonyl (C=S) groups is 1. The van der Waals surface area contributed by atoms with Crippen molar-refractivity contribution in [2.45, 2.75) is 12.8 Å². The van der Waals surface area contributed by atoms with Crippen LogP contribution in [0.25, 0.3) is 0 Å². The molecule has 2 heterocycles. The lowest BCUT2D eigenvalue weighted by Crippen LogP contribution is -3.12. The number of piperazine rings is 1. The molecule has 0 saturated carbocycles. The van der Waals surface area contributed by atoms with E-state index in [1.807, 2.05) is 4.90 Å². The Labute approximate surface area is 119 Å². The molecule has 6 heteroatoms. The Hall–Kier alpha value is -0.330. The van der Waals surface area contributed by atoms with E-state index in [4.69, 9.17) is 12.2 Å². The molecule has 1 amide bonds. The molecular formula is C12H22N3OS2+. The number of hydrogen-bond acceptors (Lipinski definition) is 3. The van der Waals surface area contributed by atoms with Crippen molar-refractivity contribution in [3.8, 4) is 0 Å². The van der Waals surface area contributed by atoms with E-state index in [0.29, 0.717) is 5.75 Å². The second-order valence-corrected chi connectivity index (χ2v) is 6.70. The van der Waals surface area contributed by atoms with Crippen LogP contribution in [0.1, 0.15) is 12.8 Å². The number of carbonyl (C=O) groups excluding carboxylic acids is 1. The standard InChI is InChI=1S/C12H21N3OS2/c1-13-6-8-15(9-7-13)12(17)18-10-11(16)14-4-2-3-5-14/h2-10H2,1H3/p+1. The van der Waals surface area contributed by atoms with E-state index in [2.05, 4.69) is 11.9 Å². The zero-order valence-corrected chi connectivity index (χ0v) is 12.6. The molecule has 0 aromatic rings. The third-order valence-electron chi connectivity index (χ3n) is 3.65. The lowest BCUT2D eigenvalue weighted by atomic mass is 10.4. The van der Waals surface area contributed by atoms with Crippen molar-refractivity contribution in [2.75, 3.05) is 52.1 Å². The first-order chi connectivity index (χ1) is 8.66. The summed E-state index contributed by atoms with van der Waals surface area (Å²) in [6.07, 6.45) is 2.31. The predicted molar refractivity (Wildman–Crippen MR) is 79.1 cm³/mol. The molecule has 1 N–H and O–H groups in total. The first-order valence-electron chi connectivity index (χ1n) is 6.67. The van der Waals surface area contributed by atoms with Crippen LogP contribution in [0.5, 0.6) is 0 Å². The molecule has 0 aliphatic carbocycles. The first-order valence-corrected chi connectivity index (χ1v) is 8.07. The molecule has 102 valence electrons. The van der Waals surface area contributed by atoms with Crippen LogP contribution >= 0.6 is 24.0 Å². The first kappa shape index (κ1) is 14.1. The normalized spacial score (nSPS) is 21.4. The summed E-state index contributed by atoms with van der Waals surface area (Å²) in [6.45, 7) is 6.20. The summed E-state index contributed by atoms with van der Waals surface area (Å²) >= 11 is 6.95. The fourth-order valence-electron chi connectivity index (χ4n) is 2.34. The van der Waals surface area contributed by atoms with Gasteiger partial charge in [0.15, 0.2) is 0 Å². The topological polar surface area (TPSA) is 28.0 Å². The number of likely N-dealkylation sites (tertiary alicyclic amines) is 1. The Kier molecular flexibility index (Phi) is 5.26. The van der Waals surface area contributed by atoms with Crippen LogP contribution in [0.4, 0.5) is 0 Å². The van der Waals surface area contributed by atoms with Crippen LogP contribution in [0.15, 0.2) is 0 Å². The van der Waals surface area contributed by atoms with Gasteiger partial charge in [0.25, 0.3) is 0 Å². The van der Waals surface area contributed by atoms with Crippen molar-refractivity contribution in [1.82, 2.24) is 9.80 Å². The molecule has 2 saturated heterocycles. The molecule has 18 heavy (non-hydrogen) atoms. The SMILES string of the molecule is C[NH+]1CCN(C(=S)SCC(=O)N2CCCC2)CC1. The van der Waals surface area contributed by atoms with Crippen LogP contribution < -0.4 is 4.90 Å². The molecule has 2 fully saturated rings. The molecule has 2 aliphatic rings. The molecule has 4 nitrogen and oxygen atoms in total. The van der Waals surface area contributed by atoms with Crippen LogP contribution in [-0.2, 0) is 4.79 Å². The number of hydrogen-bond donors (Lipinski definition) is 1. The van der Waals surface area contributed by atoms with Crippen LogP contribution in [0.3, 0.4) is 0 Å². The van der Waals surface area contributed by atoms with Crippen molar-refractivity contribution in [3.05, 3.63) is 0 Å². The lowest BCUT2D eigenvalue weighted by Gasteiger charge is -2.31. The van der Waals surface area contributed by atoms with Crippen LogP contribution in [0.2, 0.25) is 0 Å². The van der Waals surface area contributed by atoms with E-state index >= 15 is 0 Å². The van der Waals surface area contributed by atoms with Crippen molar-refractivity contribution in [1.29, 1.82) is 0 Å². The number of carbonyl (C=O) groups is 1.